The monoisotopic (exact) mass is 310 g/mol. The van der Waals surface area contributed by atoms with Gasteiger partial charge in [0, 0.05) is 16.1 Å². The van der Waals surface area contributed by atoms with Crippen molar-refractivity contribution in [3.8, 4) is 0 Å². The molecule has 0 aliphatic carbocycles. The molecular formula is C17H15ClN4. The summed E-state index contributed by atoms with van der Waals surface area (Å²) >= 11 is 5.96. The van der Waals surface area contributed by atoms with Gasteiger partial charge < -0.3 is 0 Å². The molecule has 2 N–H and O–H groups in total. The van der Waals surface area contributed by atoms with E-state index in [1.165, 1.54) is 0 Å². The normalized spacial score (nSPS) is 14.2. The Morgan fingerprint density at radius 2 is 1.82 bits per heavy atom. The lowest BCUT2D eigenvalue weighted by molar-refractivity contribution is 1.20. The van der Waals surface area contributed by atoms with E-state index < -0.39 is 0 Å². The fourth-order valence-corrected chi connectivity index (χ4v) is 2.69. The molecule has 0 bridgehead atoms. The van der Waals surface area contributed by atoms with Crippen molar-refractivity contribution < 1.29 is 0 Å². The summed E-state index contributed by atoms with van der Waals surface area (Å²) in [5.41, 5.74) is 3.50. The van der Waals surface area contributed by atoms with Crippen molar-refractivity contribution in [2.75, 3.05) is 11.4 Å². The van der Waals surface area contributed by atoms with E-state index in [0.29, 0.717) is 16.7 Å². The van der Waals surface area contributed by atoms with Crippen LogP contribution in [0.25, 0.3) is 0 Å². The number of aliphatic imine (C=N–C) groups is 1. The third-order valence-corrected chi connectivity index (χ3v) is 3.76. The summed E-state index contributed by atoms with van der Waals surface area (Å²) in [6, 6.07) is 15.2. The van der Waals surface area contributed by atoms with Crippen LogP contribution in [0, 0.1) is 10.8 Å². The molecule has 1 heterocycles. The highest BCUT2D eigenvalue weighted by Gasteiger charge is 2.23. The lowest BCUT2D eigenvalue weighted by Gasteiger charge is -2.23. The largest absolute Gasteiger partial charge is 0.288 e. The van der Waals surface area contributed by atoms with Gasteiger partial charge in [-0.1, -0.05) is 41.9 Å². The van der Waals surface area contributed by atoms with Crippen LogP contribution in [0.2, 0.25) is 5.02 Å². The van der Waals surface area contributed by atoms with Crippen molar-refractivity contribution in [2.45, 2.75) is 6.92 Å². The van der Waals surface area contributed by atoms with E-state index in [4.69, 9.17) is 22.4 Å². The first-order valence-corrected chi connectivity index (χ1v) is 7.28. The van der Waals surface area contributed by atoms with Gasteiger partial charge in [0.05, 0.1) is 17.9 Å². The van der Waals surface area contributed by atoms with Crippen molar-refractivity contribution in [1.29, 1.82) is 10.8 Å². The van der Waals surface area contributed by atoms with Gasteiger partial charge in [0.1, 0.15) is 11.7 Å². The Kier molecular flexibility index (Phi) is 3.77. The van der Waals surface area contributed by atoms with E-state index in [2.05, 4.69) is 4.99 Å². The Balaban J connectivity index is 2.19. The Morgan fingerprint density at radius 3 is 2.50 bits per heavy atom. The second kappa shape index (κ2) is 5.73. The van der Waals surface area contributed by atoms with Crippen molar-refractivity contribution in [3.63, 3.8) is 0 Å². The van der Waals surface area contributed by atoms with Crippen LogP contribution in [-0.2, 0) is 0 Å². The number of amidine groups is 2. The zero-order valence-electron chi connectivity index (χ0n) is 12.1. The number of para-hydroxylation sites is 1. The maximum Gasteiger partial charge on any atom is 0.128 e. The molecule has 0 atom stereocenters. The summed E-state index contributed by atoms with van der Waals surface area (Å²) in [5, 5.41) is 16.8. The fourth-order valence-electron chi connectivity index (χ4n) is 2.56. The van der Waals surface area contributed by atoms with Gasteiger partial charge in [-0.15, -0.1) is 0 Å². The lowest BCUT2D eigenvalue weighted by Crippen LogP contribution is -2.35. The van der Waals surface area contributed by atoms with Crippen LogP contribution in [-0.4, -0.2) is 23.9 Å². The second-order valence-electron chi connectivity index (χ2n) is 5.06. The van der Waals surface area contributed by atoms with Crippen LogP contribution < -0.4 is 4.90 Å². The molecule has 1 aliphatic rings. The summed E-state index contributed by atoms with van der Waals surface area (Å²) in [7, 11) is 0. The van der Waals surface area contributed by atoms with Gasteiger partial charge in [-0.2, -0.15) is 0 Å². The highest BCUT2D eigenvalue weighted by atomic mass is 35.5. The number of benzene rings is 2. The highest BCUT2D eigenvalue weighted by molar-refractivity contribution is 6.31. The smallest absolute Gasteiger partial charge is 0.128 e. The van der Waals surface area contributed by atoms with E-state index in [9.17, 15) is 0 Å². The predicted octanol–water partition coefficient (Wildman–Crippen LogP) is 3.97. The molecule has 0 saturated heterocycles. The number of halogens is 1. The Hall–Kier alpha value is -2.46. The third kappa shape index (κ3) is 2.53. The van der Waals surface area contributed by atoms with Gasteiger partial charge in [-0.25, -0.2) is 0 Å². The standard InChI is InChI=1S/C17H15ClN4/c1-11(19)22-15-5-3-2-4-14(15)17(21-10-16(22)20)12-6-8-13(18)9-7-12/h2-9,19-20H,10H2,1H3. The average Bonchev–Trinajstić information content (AvgIpc) is 2.64. The van der Waals surface area contributed by atoms with Gasteiger partial charge in [-0.3, -0.25) is 20.7 Å². The molecule has 0 saturated carbocycles. The number of rotatable bonds is 1. The molecule has 0 fully saturated rings. The Morgan fingerprint density at radius 1 is 1.14 bits per heavy atom. The summed E-state index contributed by atoms with van der Waals surface area (Å²) in [6.45, 7) is 1.92. The van der Waals surface area contributed by atoms with Crippen LogP contribution >= 0.6 is 11.6 Å². The van der Waals surface area contributed by atoms with E-state index in [1.54, 1.807) is 11.8 Å². The molecule has 3 rings (SSSR count). The zero-order chi connectivity index (χ0) is 15.7. The number of nitrogens with one attached hydrogen (secondary N) is 2. The molecule has 0 spiro atoms. The van der Waals surface area contributed by atoms with Gasteiger partial charge in [0.15, 0.2) is 0 Å². The summed E-state index contributed by atoms with van der Waals surface area (Å²) in [5.74, 6) is 0.605. The molecule has 0 aromatic heterocycles. The van der Waals surface area contributed by atoms with E-state index in [1.807, 2.05) is 48.5 Å². The molecule has 4 nitrogen and oxygen atoms in total. The molecule has 0 unspecified atom stereocenters. The number of anilines is 1. The molecule has 0 amide bonds. The minimum atomic E-state index is 0.239. The highest BCUT2D eigenvalue weighted by Crippen LogP contribution is 2.27. The van der Waals surface area contributed by atoms with Crippen molar-refractivity contribution in [3.05, 3.63) is 64.7 Å². The van der Waals surface area contributed by atoms with Gasteiger partial charge >= 0.3 is 0 Å². The predicted molar refractivity (Wildman–Crippen MR) is 92.0 cm³/mol. The summed E-state index contributed by atoms with van der Waals surface area (Å²) in [4.78, 5) is 6.22. The molecule has 5 heteroatoms. The quantitative estimate of drug-likeness (QED) is 0.607. The van der Waals surface area contributed by atoms with Crippen LogP contribution in [0.5, 0.6) is 0 Å². The van der Waals surface area contributed by atoms with Crippen LogP contribution in [0.15, 0.2) is 53.5 Å². The van der Waals surface area contributed by atoms with E-state index in [0.717, 1.165) is 22.5 Å². The average molecular weight is 311 g/mol. The van der Waals surface area contributed by atoms with E-state index >= 15 is 0 Å². The molecule has 1 aliphatic heterocycles. The second-order valence-corrected chi connectivity index (χ2v) is 5.49. The number of benzodiazepines with no additional fused rings is 1. The Labute approximate surface area is 134 Å². The van der Waals surface area contributed by atoms with Gasteiger partial charge in [0.25, 0.3) is 0 Å². The third-order valence-electron chi connectivity index (χ3n) is 3.51. The van der Waals surface area contributed by atoms with Gasteiger partial charge in [-0.05, 0) is 25.1 Å². The number of hydrogen-bond donors (Lipinski definition) is 2. The summed E-state index contributed by atoms with van der Waals surface area (Å²) < 4.78 is 0. The SMILES string of the molecule is CC(=N)N1C(=N)CN=C(c2ccc(Cl)cc2)c2ccccc21. The summed E-state index contributed by atoms with van der Waals surface area (Å²) in [6.07, 6.45) is 0. The minimum absolute atomic E-state index is 0.239. The molecular weight excluding hydrogens is 296 g/mol. The Bertz CT molecular complexity index is 778. The topological polar surface area (TPSA) is 63.3 Å². The first kappa shape index (κ1) is 14.5. The number of nitrogens with zero attached hydrogens (tertiary/aromatic N) is 2. The minimum Gasteiger partial charge on any atom is -0.288 e. The molecule has 22 heavy (non-hydrogen) atoms. The molecule has 0 radical (unpaired) electrons. The molecule has 2 aromatic rings. The maximum absolute atomic E-state index is 8.19. The maximum atomic E-state index is 8.19. The number of hydrogen-bond acceptors (Lipinski definition) is 3. The first-order chi connectivity index (χ1) is 10.6. The fraction of sp³-hybridized carbons (Fsp3) is 0.118. The van der Waals surface area contributed by atoms with Gasteiger partial charge in [0.2, 0.25) is 0 Å². The van der Waals surface area contributed by atoms with Crippen LogP contribution in [0.1, 0.15) is 18.1 Å². The van der Waals surface area contributed by atoms with Crippen LogP contribution in [0.3, 0.4) is 0 Å². The first-order valence-electron chi connectivity index (χ1n) is 6.90. The molecule has 2 aromatic carbocycles. The van der Waals surface area contributed by atoms with E-state index in [-0.39, 0.29) is 6.54 Å². The number of fused-ring (bicyclic) bond motifs is 1. The molecule has 110 valence electrons. The van der Waals surface area contributed by atoms with Crippen molar-refractivity contribution in [2.24, 2.45) is 4.99 Å². The van der Waals surface area contributed by atoms with Crippen molar-refractivity contribution >= 4 is 34.7 Å². The van der Waals surface area contributed by atoms with Crippen molar-refractivity contribution in [1.82, 2.24) is 0 Å². The van der Waals surface area contributed by atoms with Crippen LogP contribution in [0.4, 0.5) is 5.69 Å². The zero-order valence-corrected chi connectivity index (χ0v) is 12.9. The lowest BCUT2D eigenvalue weighted by atomic mass is 10.0.